The van der Waals surface area contributed by atoms with Crippen LogP contribution in [0.15, 0.2) is 24.3 Å². The van der Waals surface area contributed by atoms with Crippen LogP contribution < -0.4 is 5.32 Å². The maximum absolute atomic E-state index is 5.89. The molecule has 1 saturated carbocycles. The summed E-state index contributed by atoms with van der Waals surface area (Å²) < 4.78 is 5.89. The van der Waals surface area contributed by atoms with Crippen LogP contribution in [0.25, 0.3) is 0 Å². The molecule has 1 aromatic carbocycles. The summed E-state index contributed by atoms with van der Waals surface area (Å²) in [5, 5.41) is 3.66. The van der Waals surface area contributed by atoms with Gasteiger partial charge in [-0.25, -0.2) is 0 Å². The highest BCUT2D eigenvalue weighted by molar-refractivity contribution is 5.31. The number of nitrogens with one attached hydrogen (secondary N) is 1. The Morgan fingerprint density at radius 3 is 2.86 bits per heavy atom. The minimum Gasteiger partial charge on any atom is -0.375 e. The molecule has 1 aromatic rings. The van der Waals surface area contributed by atoms with Crippen LogP contribution in [0, 0.1) is 5.92 Å². The second kappa shape index (κ2) is 6.07. The third-order valence-corrected chi connectivity index (χ3v) is 5.20. The molecular formula is C18H26N2O. The summed E-state index contributed by atoms with van der Waals surface area (Å²) in [5.74, 6) is 0.931. The van der Waals surface area contributed by atoms with Gasteiger partial charge in [0, 0.05) is 19.1 Å². The van der Waals surface area contributed by atoms with Crippen molar-refractivity contribution in [2.75, 3.05) is 26.2 Å². The van der Waals surface area contributed by atoms with Crippen LogP contribution in [0.1, 0.15) is 42.9 Å². The van der Waals surface area contributed by atoms with Gasteiger partial charge < -0.3 is 10.1 Å². The molecule has 0 aromatic heterocycles. The van der Waals surface area contributed by atoms with Crippen molar-refractivity contribution in [1.82, 2.24) is 10.2 Å². The summed E-state index contributed by atoms with van der Waals surface area (Å²) in [4.78, 5) is 2.71. The Bertz CT molecular complexity index is 480. The van der Waals surface area contributed by atoms with Gasteiger partial charge in [0.15, 0.2) is 0 Å². The number of nitrogens with zero attached hydrogens (tertiary/aromatic N) is 1. The van der Waals surface area contributed by atoms with Gasteiger partial charge in [0.1, 0.15) is 0 Å². The number of hydrogen-bond acceptors (Lipinski definition) is 3. The first-order valence-electron chi connectivity index (χ1n) is 8.53. The summed E-state index contributed by atoms with van der Waals surface area (Å²) in [5.41, 5.74) is 2.89. The molecule has 4 rings (SSSR count). The van der Waals surface area contributed by atoms with Gasteiger partial charge in [-0.2, -0.15) is 0 Å². The van der Waals surface area contributed by atoms with Gasteiger partial charge in [0.05, 0.1) is 19.3 Å². The quantitative estimate of drug-likeness (QED) is 0.901. The molecule has 2 atom stereocenters. The predicted octanol–water partition coefficient (Wildman–Crippen LogP) is 2.72. The third-order valence-electron chi connectivity index (χ3n) is 5.20. The molecule has 2 fully saturated rings. The van der Waals surface area contributed by atoms with E-state index < -0.39 is 0 Å². The highest BCUT2D eigenvalue weighted by Crippen LogP contribution is 2.35. The standard InChI is InChI=1S/C18H26N2O/c1-2-6-17-15(4-1)12-21-13-18(17)20(10-14-7-8-14)11-16-5-3-9-19-16/h1-2,4,6,14,16,18-19H,3,5,7-13H2. The summed E-state index contributed by atoms with van der Waals surface area (Å²) in [6.07, 6.45) is 5.50. The summed E-state index contributed by atoms with van der Waals surface area (Å²) in [7, 11) is 0. The zero-order valence-electron chi connectivity index (χ0n) is 12.8. The van der Waals surface area contributed by atoms with Gasteiger partial charge in [-0.05, 0) is 49.3 Å². The number of fused-ring (bicyclic) bond motifs is 1. The molecule has 21 heavy (non-hydrogen) atoms. The summed E-state index contributed by atoms with van der Waals surface area (Å²) in [6, 6.07) is 9.99. The molecule has 2 aliphatic heterocycles. The minimum absolute atomic E-state index is 0.456. The monoisotopic (exact) mass is 286 g/mol. The Morgan fingerprint density at radius 2 is 2.05 bits per heavy atom. The van der Waals surface area contributed by atoms with Crippen molar-refractivity contribution in [3.8, 4) is 0 Å². The molecule has 1 saturated heterocycles. The number of benzene rings is 1. The molecule has 0 amide bonds. The molecule has 1 N–H and O–H groups in total. The maximum Gasteiger partial charge on any atom is 0.0721 e. The van der Waals surface area contributed by atoms with Crippen LogP contribution in [0.2, 0.25) is 0 Å². The molecule has 3 nitrogen and oxygen atoms in total. The van der Waals surface area contributed by atoms with Gasteiger partial charge in [-0.3, -0.25) is 4.90 Å². The SMILES string of the molecule is c1ccc2c(c1)COCC2N(CC1CC1)CC1CCCN1. The van der Waals surface area contributed by atoms with Crippen molar-refractivity contribution < 1.29 is 4.74 Å². The van der Waals surface area contributed by atoms with E-state index in [0.29, 0.717) is 12.1 Å². The van der Waals surface area contributed by atoms with E-state index >= 15 is 0 Å². The lowest BCUT2D eigenvalue weighted by Crippen LogP contribution is -2.43. The second-order valence-corrected chi connectivity index (χ2v) is 6.92. The van der Waals surface area contributed by atoms with E-state index in [2.05, 4.69) is 34.5 Å². The molecule has 3 heteroatoms. The van der Waals surface area contributed by atoms with E-state index in [-0.39, 0.29) is 0 Å². The van der Waals surface area contributed by atoms with E-state index in [4.69, 9.17) is 4.74 Å². The largest absolute Gasteiger partial charge is 0.375 e. The van der Waals surface area contributed by atoms with Crippen molar-refractivity contribution in [2.24, 2.45) is 5.92 Å². The molecule has 1 aliphatic carbocycles. The normalized spacial score (nSPS) is 28.8. The van der Waals surface area contributed by atoms with Crippen molar-refractivity contribution in [1.29, 1.82) is 0 Å². The minimum atomic E-state index is 0.456. The Hall–Kier alpha value is -0.900. The second-order valence-electron chi connectivity index (χ2n) is 6.92. The highest BCUT2D eigenvalue weighted by atomic mass is 16.5. The number of ether oxygens (including phenoxy) is 1. The fraction of sp³-hybridized carbons (Fsp3) is 0.667. The summed E-state index contributed by atoms with van der Waals surface area (Å²) >= 11 is 0. The maximum atomic E-state index is 5.89. The molecular weight excluding hydrogens is 260 g/mol. The zero-order chi connectivity index (χ0) is 14.1. The van der Waals surface area contributed by atoms with Gasteiger partial charge in [-0.15, -0.1) is 0 Å². The van der Waals surface area contributed by atoms with Crippen LogP contribution in [-0.2, 0) is 11.3 Å². The van der Waals surface area contributed by atoms with Gasteiger partial charge in [0.2, 0.25) is 0 Å². The highest BCUT2D eigenvalue weighted by Gasteiger charge is 2.33. The van der Waals surface area contributed by atoms with Crippen LogP contribution >= 0.6 is 0 Å². The lowest BCUT2D eigenvalue weighted by Gasteiger charge is -2.37. The number of hydrogen-bond donors (Lipinski definition) is 1. The van der Waals surface area contributed by atoms with Crippen LogP contribution in [-0.4, -0.2) is 37.2 Å². The Balaban J connectivity index is 1.54. The molecule has 0 bridgehead atoms. The molecule has 0 radical (unpaired) electrons. The van der Waals surface area contributed by atoms with Crippen molar-refractivity contribution in [3.63, 3.8) is 0 Å². The lowest BCUT2D eigenvalue weighted by atomic mass is 9.97. The van der Waals surface area contributed by atoms with Gasteiger partial charge in [0.25, 0.3) is 0 Å². The topological polar surface area (TPSA) is 24.5 Å². The smallest absolute Gasteiger partial charge is 0.0721 e. The average molecular weight is 286 g/mol. The Morgan fingerprint density at radius 1 is 1.14 bits per heavy atom. The van der Waals surface area contributed by atoms with E-state index in [1.165, 1.54) is 56.4 Å². The zero-order valence-corrected chi connectivity index (χ0v) is 12.8. The fourth-order valence-electron chi connectivity index (χ4n) is 3.82. The summed E-state index contributed by atoms with van der Waals surface area (Å²) in [6.45, 7) is 5.27. The van der Waals surface area contributed by atoms with Crippen molar-refractivity contribution in [3.05, 3.63) is 35.4 Å². The average Bonchev–Trinajstić information content (AvgIpc) is 3.19. The Labute approximate surface area is 127 Å². The molecule has 0 spiro atoms. The fourth-order valence-corrected chi connectivity index (χ4v) is 3.82. The van der Waals surface area contributed by atoms with Gasteiger partial charge in [-0.1, -0.05) is 24.3 Å². The molecule has 114 valence electrons. The van der Waals surface area contributed by atoms with Crippen LogP contribution in [0.4, 0.5) is 0 Å². The first-order chi connectivity index (χ1) is 10.4. The van der Waals surface area contributed by atoms with E-state index in [9.17, 15) is 0 Å². The van der Waals surface area contributed by atoms with Crippen LogP contribution in [0.5, 0.6) is 0 Å². The molecule has 2 heterocycles. The van der Waals surface area contributed by atoms with Gasteiger partial charge >= 0.3 is 0 Å². The Kier molecular flexibility index (Phi) is 3.97. The van der Waals surface area contributed by atoms with E-state index in [1.807, 2.05) is 0 Å². The predicted molar refractivity (Wildman–Crippen MR) is 84.2 cm³/mol. The van der Waals surface area contributed by atoms with E-state index in [0.717, 1.165) is 19.1 Å². The van der Waals surface area contributed by atoms with Crippen molar-refractivity contribution in [2.45, 2.75) is 44.4 Å². The third kappa shape index (κ3) is 3.15. The lowest BCUT2D eigenvalue weighted by molar-refractivity contribution is 0.0271. The molecule has 3 aliphatic rings. The van der Waals surface area contributed by atoms with Crippen LogP contribution in [0.3, 0.4) is 0 Å². The van der Waals surface area contributed by atoms with Crippen molar-refractivity contribution >= 4 is 0 Å². The first-order valence-corrected chi connectivity index (χ1v) is 8.53. The molecule has 2 unspecified atom stereocenters. The van der Waals surface area contributed by atoms with E-state index in [1.54, 1.807) is 0 Å². The number of rotatable bonds is 5. The first kappa shape index (κ1) is 13.7.